The van der Waals surface area contributed by atoms with E-state index in [0.717, 1.165) is 73.1 Å². The number of piperazine rings is 1. The maximum Gasteiger partial charge on any atom is 0.307 e. The summed E-state index contributed by atoms with van der Waals surface area (Å²) in [5.41, 5.74) is 4.76. The highest BCUT2D eigenvalue weighted by molar-refractivity contribution is 5.82. The molecule has 3 heterocycles. The van der Waals surface area contributed by atoms with Gasteiger partial charge in [0, 0.05) is 50.0 Å². The number of aliphatic hydroxyl groups excluding tert-OH is 1. The number of benzene rings is 1. The molecule has 2 aliphatic rings. The number of hydrogen-bond donors (Lipinski definition) is 4. The van der Waals surface area contributed by atoms with Crippen molar-refractivity contribution >= 4 is 28.6 Å². The van der Waals surface area contributed by atoms with Crippen molar-refractivity contribution in [1.82, 2.24) is 24.8 Å². The minimum atomic E-state index is 0.230. The lowest BCUT2D eigenvalue weighted by Crippen LogP contribution is -2.47. The molecule has 0 unspecified atom stereocenters. The van der Waals surface area contributed by atoms with Crippen molar-refractivity contribution in [2.75, 3.05) is 56.5 Å². The first-order valence-corrected chi connectivity index (χ1v) is 13.1. The van der Waals surface area contributed by atoms with E-state index in [9.17, 15) is 0 Å². The molecule has 0 bridgehead atoms. The molecule has 3 aromatic rings. The van der Waals surface area contributed by atoms with Crippen molar-refractivity contribution in [1.29, 1.82) is 0 Å². The quantitative estimate of drug-likeness (QED) is 0.378. The zero-order valence-corrected chi connectivity index (χ0v) is 21.1. The topological polar surface area (TPSA) is 106 Å². The molecule has 1 aliphatic carbocycles. The third-order valence-electron chi connectivity index (χ3n) is 7.17. The molecule has 1 aliphatic heterocycles. The van der Waals surface area contributed by atoms with E-state index < -0.39 is 0 Å². The lowest BCUT2D eigenvalue weighted by molar-refractivity contribution is -0.347. The summed E-state index contributed by atoms with van der Waals surface area (Å²) in [6.45, 7) is 7.82. The molecule has 5 N–H and O–H groups in total. The van der Waals surface area contributed by atoms with Crippen LogP contribution >= 0.6 is 0 Å². The van der Waals surface area contributed by atoms with Gasteiger partial charge in [0.2, 0.25) is 5.52 Å². The van der Waals surface area contributed by atoms with Gasteiger partial charge in [0.25, 0.3) is 0 Å². The highest BCUT2D eigenvalue weighted by atomic mass is 16.3. The van der Waals surface area contributed by atoms with Gasteiger partial charge >= 0.3 is 11.6 Å². The van der Waals surface area contributed by atoms with Crippen LogP contribution < -0.4 is 15.6 Å². The van der Waals surface area contributed by atoms with Crippen molar-refractivity contribution in [2.45, 2.75) is 45.1 Å². The van der Waals surface area contributed by atoms with Crippen molar-refractivity contribution < 1.29 is 10.1 Å². The Morgan fingerprint density at radius 1 is 1.11 bits per heavy atom. The van der Waals surface area contributed by atoms with Gasteiger partial charge in [-0.1, -0.05) is 36.1 Å². The van der Waals surface area contributed by atoms with Crippen LogP contribution in [0.15, 0.2) is 24.5 Å². The minimum Gasteiger partial charge on any atom is -0.395 e. The van der Waals surface area contributed by atoms with Crippen molar-refractivity contribution in [3.05, 3.63) is 35.7 Å². The Bertz CT molecular complexity index is 1220. The van der Waals surface area contributed by atoms with Gasteiger partial charge < -0.3 is 15.7 Å². The average Bonchev–Trinajstić information content (AvgIpc) is 3.37. The average molecular weight is 490 g/mol. The largest absolute Gasteiger partial charge is 0.395 e. The van der Waals surface area contributed by atoms with Gasteiger partial charge in [0.15, 0.2) is 12.1 Å². The Balaban J connectivity index is 1.23. The van der Waals surface area contributed by atoms with Crippen LogP contribution in [0.2, 0.25) is 0 Å². The molecule has 190 valence electrons. The molecule has 36 heavy (non-hydrogen) atoms. The molecule has 2 fully saturated rings. The molecule has 1 saturated carbocycles. The van der Waals surface area contributed by atoms with Crippen LogP contribution in [0.4, 0.5) is 17.5 Å². The van der Waals surface area contributed by atoms with Gasteiger partial charge in [-0.05, 0) is 43.5 Å². The number of β-amino-alcohol motifs (C(OH)–C–C–N with tert-alkyl or cyclic N) is 1. The van der Waals surface area contributed by atoms with E-state index in [1.54, 1.807) is 6.33 Å². The number of H-pyrrole nitrogens is 2. The Kier molecular flexibility index (Phi) is 7.96. The number of hydrogen-bond acceptors (Lipinski definition) is 7. The number of aromatic amines is 2. The SMILES string of the molecule is Cc1cc(C#CCN2CCN(CCO)CC2)ccc1Nc1nc(NC2CCCCC2)c2[nH]c[nH+]c2n1. The number of aliphatic hydroxyl groups is 1. The third-order valence-corrected chi connectivity index (χ3v) is 7.17. The minimum absolute atomic E-state index is 0.230. The van der Waals surface area contributed by atoms with E-state index in [0.29, 0.717) is 12.0 Å². The number of nitrogens with zero attached hydrogens (tertiary/aromatic N) is 4. The molecule has 0 amide bonds. The predicted octanol–water partition coefficient (Wildman–Crippen LogP) is 2.53. The fourth-order valence-electron chi connectivity index (χ4n) is 5.05. The van der Waals surface area contributed by atoms with Crippen LogP contribution in [-0.2, 0) is 0 Å². The molecule has 5 rings (SSSR count). The van der Waals surface area contributed by atoms with Crippen LogP contribution in [0, 0.1) is 18.8 Å². The fraction of sp³-hybridized carbons (Fsp3) is 0.519. The number of imidazole rings is 1. The first kappa shape index (κ1) is 24.5. The molecular formula is C27H37N8O+. The summed E-state index contributed by atoms with van der Waals surface area (Å²) in [4.78, 5) is 20.6. The first-order valence-electron chi connectivity index (χ1n) is 13.1. The monoisotopic (exact) mass is 489 g/mol. The summed E-state index contributed by atoms with van der Waals surface area (Å²) in [6.07, 6.45) is 8.01. The van der Waals surface area contributed by atoms with Crippen LogP contribution in [0.25, 0.3) is 11.2 Å². The first-order chi connectivity index (χ1) is 17.7. The molecule has 2 aromatic heterocycles. The van der Waals surface area contributed by atoms with Gasteiger partial charge in [0.05, 0.1) is 13.2 Å². The van der Waals surface area contributed by atoms with E-state index in [1.165, 1.54) is 32.1 Å². The van der Waals surface area contributed by atoms with E-state index in [-0.39, 0.29) is 6.61 Å². The Hall–Kier alpha value is -3.19. The Morgan fingerprint density at radius 2 is 1.92 bits per heavy atom. The van der Waals surface area contributed by atoms with E-state index in [4.69, 9.17) is 10.1 Å². The smallest absolute Gasteiger partial charge is 0.307 e. The molecule has 1 saturated heterocycles. The summed E-state index contributed by atoms with van der Waals surface area (Å²) in [5, 5.41) is 16.1. The maximum atomic E-state index is 9.09. The van der Waals surface area contributed by atoms with Gasteiger partial charge in [-0.15, -0.1) is 0 Å². The second-order valence-electron chi connectivity index (χ2n) is 9.83. The van der Waals surface area contributed by atoms with Crippen LogP contribution in [0.3, 0.4) is 0 Å². The highest BCUT2D eigenvalue weighted by Gasteiger charge is 2.21. The normalized spacial score (nSPS) is 17.6. The zero-order valence-electron chi connectivity index (χ0n) is 21.1. The summed E-state index contributed by atoms with van der Waals surface area (Å²) in [5.74, 6) is 8.05. The molecule has 0 radical (unpaired) electrons. The number of aromatic nitrogens is 4. The third kappa shape index (κ3) is 6.13. The molecular weight excluding hydrogens is 452 g/mol. The Labute approximate surface area is 212 Å². The van der Waals surface area contributed by atoms with E-state index in [1.807, 2.05) is 6.07 Å². The lowest BCUT2D eigenvalue weighted by Gasteiger charge is -2.33. The zero-order chi connectivity index (χ0) is 24.7. The highest BCUT2D eigenvalue weighted by Crippen LogP contribution is 2.26. The number of anilines is 3. The molecule has 9 nitrogen and oxygen atoms in total. The summed E-state index contributed by atoms with van der Waals surface area (Å²) >= 11 is 0. The summed E-state index contributed by atoms with van der Waals surface area (Å²) in [6, 6.07) is 6.66. The number of nitrogens with one attached hydrogen (secondary N) is 4. The molecule has 1 aromatic carbocycles. The maximum absolute atomic E-state index is 9.09. The number of fused-ring (bicyclic) bond motifs is 1. The van der Waals surface area contributed by atoms with Crippen LogP contribution in [0.1, 0.15) is 43.2 Å². The second-order valence-corrected chi connectivity index (χ2v) is 9.83. The molecule has 0 spiro atoms. The van der Waals surface area contributed by atoms with E-state index >= 15 is 0 Å². The van der Waals surface area contributed by atoms with Crippen LogP contribution in [0.5, 0.6) is 0 Å². The Morgan fingerprint density at radius 3 is 2.69 bits per heavy atom. The van der Waals surface area contributed by atoms with Crippen LogP contribution in [-0.4, -0.2) is 81.8 Å². The van der Waals surface area contributed by atoms with Crippen molar-refractivity contribution in [3.63, 3.8) is 0 Å². The predicted molar refractivity (Wildman–Crippen MR) is 142 cm³/mol. The summed E-state index contributed by atoms with van der Waals surface area (Å²) < 4.78 is 0. The number of aryl methyl sites for hydroxylation is 1. The van der Waals surface area contributed by atoms with Crippen molar-refractivity contribution in [2.24, 2.45) is 0 Å². The lowest BCUT2D eigenvalue weighted by atomic mass is 9.95. The standard InChI is InChI=1S/C27H36N8O/c1-20-18-21(6-5-11-34-12-14-35(15-13-34)16-17-36)9-10-23(20)31-27-32-25-24(28-19-29-25)26(33-27)30-22-7-3-2-4-8-22/h9-10,18-19,22,36H,2-4,7-8,11-17H2,1H3,(H3,28,29,30,31,32,33)/p+1. The second kappa shape index (κ2) is 11.7. The fourth-order valence-corrected chi connectivity index (χ4v) is 5.05. The van der Waals surface area contributed by atoms with Crippen molar-refractivity contribution in [3.8, 4) is 11.8 Å². The van der Waals surface area contributed by atoms with Gasteiger partial charge in [-0.2, -0.15) is 4.98 Å². The number of rotatable bonds is 7. The summed E-state index contributed by atoms with van der Waals surface area (Å²) in [7, 11) is 0. The van der Waals surface area contributed by atoms with Gasteiger partial charge in [0.1, 0.15) is 0 Å². The van der Waals surface area contributed by atoms with E-state index in [2.05, 4.69) is 66.3 Å². The van der Waals surface area contributed by atoms with Gasteiger partial charge in [-0.3, -0.25) is 14.8 Å². The van der Waals surface area contributed by atoms with Gasteiger partial charge in [-0.25, -0.2) is 4.98 Å². The molecule has 0 atom stereocenters. The molecule has 9 heteroatoms.